The van der Waals surface area contributed by atoms with Crippen molar-refractivity contribution in [1.29, 1.82) is 0 Å². The second kappa shape index (κ2) is 6.67. The molecule has 24 heavy (non-hydrogen) atoms. The number of aromatic nitrogens is 1. The first-order chi connectivity index (χ1) is 11.5. The first-order valence-electron chi connectivity index (χ1n) is 8.41. The summed E-state index contributed by atoms with van der Waals surface area (Å²) >= 11 is 0. The van der Waals surface area contributed by atoms with Gasteiger partial charge in [0.15, 0.2) is 0 Å². The standard InChI is InChI=1S/C19H22N2O3/c1-11(2)24-19(23)16-12(3)21-14-5-4-6-15(22)18(14)17(16)13-7-9-20-10-8-13/h7-11,17-18H,4-6H2,1-3H3. The van der Waals surface area contributed by atoms with Crippen LogP contribution >= 0.6 is 0 Å². The zero-order valence-corrected chi connectivity index (χ0v) is 14.3. The monoisotopic (exact) mass is 326 g/mol. The maximum Gasteiger partial charge on any atom is 0.336 e. The minimum absolute atomic E-state index is 0.157. The number of ether oxygens (including phenoxy) is 1. The van der Waals surface area contributed by atoms with E-state index in [1.165, 1.54) is 0 Å². The number of rotatable bonds is 3. The Morgan fingerprint density at radius 2 is 1.92 bits per heavy atom. The second-order valence-electron chi connectivity index (χ2n) is 6.61. The highest BCUT2D eigenvalue weighted by Crippen LogP contribution is 2.42. The van der Waals surface area contributed by atoms with Gasteiger partial charge in [-0.25, -0.2) is 4.79 Å². The van der Waals surface area contributed by atoms with Crippen molar-refractivity contribution in [3.63, 3.8) is 0 Å². The minimum atomic E-state index is -0.384. The zero-order chi connectivity index (χ0) is 17.3. The van der Waals surface area contributed by atoms with Crippen molar-refractivity contribution in [2.24, 2.45) is 10.9 Å². The lowest BCUT2D eigenvalue weighted by atomic mass is 9.69. The predicted molar refractivity (Wildman–Crippen MR) is 90.7 cm³/mol. The van der Waals surface area contributed by atoms with Crippen LogP contribution in [0.25, 0.3) is 0 Å². The number of aliphatic imine (C=N–C) groups is 1. The molecule has 2 aliphatic rings. The van der Waals surface area contributed by atoms with Crippen LogP contribution < -0.4 is 0 Å². The fourth-order valence-electron chi connectivity index (χ4n) is 3.59. The molecule has 5 heteroatoms. The Morgan fingerprint density at radius 3 is 2.58 bits per heavy atom. The molecule has 1 fully saturated rings. The van der Waals surface area contributed by atoms with Crippen LogP contribution in [-0.2, 0) is 14.3 Å². The molecular formula is C19H22N2O3. The molecule has 2 heterocycles. The molecule has 1 aromatic rings. The summed E-state index contributed by atoms with van der Waals surface area (Å²) in [6.07, 6.45) is 5.33. The van der Waals surface area contributed by atoms with Gasteiger partial charge in [0.05, 0.1) is 17.6 Å². The Kier molecular flexibility index (Phi) is 4.60. The van der Waals surface area contributed by atoms with Gasteiger partial charge >= 0.3 is 5.97 Å². The maximum absolute atomic E-state index is 12.7. The molecule has 2 atom stereocenters. The van der Waals surface area contributed by atoms with Gasteiger partial charge in [0.2, 0.25) is 0 Å². The molecule has 0 amide bonds. The van der Waals surface area contributed by atoms with Gasteiger partial charge in [0.25, 0.3) is 0 Å². The van der Waals surface area contributed by atoms with Gasteiger partial charge in [-0.05, 0) is 51.3 Å². The molecular weight excluding hydrogens is 304 g/mol. The molecule has 126 valence electrons. The third-order valence-corrected chi connectivity index (χ3v) is 4.54. The van der Waals surface area contributed by atoms with E-state index >= 15 is 0 Å². The van der Waals surface area contributed by atoms with E-state index in [1.807, 2.05) is 32.9 Å². The van der Waals surface area contributed by atoms with Gasteiger partial charge in [0, 0.05) is 36.1 Å². The lowest BCUT2D eigenvalue weighted by molar-refractivity contribution is -0.143. The van der Waals surface area contributed by atoms with Crippen LogP contribution in [0.4, 0.5) is 0 Å². The van der Waals surface area contributed by atoms with E-state index in [-0.39, 0.29) is 29.7 Å². The Balaban J connectivity index is 2.12. The Bertz CT molecular complexity index is 719. The summed E-state index contributed by atoms with van der Waals surface area (Å²) < 4.78 is 5.43. The summed E-state index contributed by atoms with van der Waals surface area (Å²) in [5, 5.41) is 0. The van der Waals surface area contributed by atoms with E-state index in [2.05, 4.69) is 9.98 Å². The van der Waals surface area contributed by atoms with E-state index in [1.54, 1.807) is 12.4 Å². The average Bonchev–Trinajstić information content (AvgIpc) is 2.53. The molecule has 3 rings (SSSR count). The lowest BCUT2D eigenvalue weighted by Gasteiger charge is -2.35. The highest BCUT2D eigenvalue weighted by molar-refractivity contribution is 6.11. The van der Waals surface area contributed by atoms with Crippen molar-refractivity contribution in [3.05, 3.63) is 41.4 Å². The van der Waals surface area contributed by atoms with Crippen molar-refractivity contribution in [1.82, 2.24) is 4.98 Å². The van der Waals surface area contributed by atoms with Crippen molar-refractivity contribution in [2.45, 2.75) is 52.1 Å². The molecule has 0 radical (unpaired) electrons. The predicted octanol–water partition coefficient (Wildman–Crippen LogP) is 3.21. The molecule has 0 saturated heterocycles. The summed E-state index contributed by atoms with van der Waals surface area (Å²) in [6, 6.07) is 3.73. The number of hydrogen-bond acceptors (Lipinski definition) is 5. The van der Waals surface area contributed by atoms with E-state index in [9.17, 15) is 9.59 Å². The topological polar surface area (TPSA) is 68.6 Å². The molecule has 1 saturated carbocycles. The van der Waals surface area contributed by atoms with Gasteiger partial charge < -0.3 is 4.74 Å². The maximum atomic E-state index is 12.7. The Labute approximate surface area is 141 Å². The molecule has 1 aromatic heterocycles. The number of Topliss-reactive ketones (excluding diaryl/α,β-unsaturated/α-hetero) is 1. The highest BCUT2D eigenvalue weighted by Gasteiger charge is 2.43. The average molecular weight is 326 g/mol. The molecule has 5 nitrogen and oxygen atoms in total. The van der Waals surface area contributed by atoms with E-state index in [0.29, 0.717) is 17.7 Å². The molecule has 0 bridgehead atoms. The molecule has 0 N–H and O–H groups in total. The van der Waals surface area contributed by atoms with Gasteiger partial charge in [-0.2, -0.15) is 0 Å². The van der Waals surface area contributed by atoms with E-state index in [0.717, 1.165) is 24.1 Å². The number of carbonyl (C=O) groups excluding carboxylic acids is 2. The van der Waals surface area contributed by atoms with Crippen LogP contribution in [0, 0.1) is 5.92 Å². The van der Waals surface area contributed by atoms with E-state index in [4.69, 9.17) is 4.74 Å². The fraction of sp³-hybridized carbons (Fsp3) is 0.474. The van der Waals surface area contributed by atoms with Crippen LogP contribution in [0.5, 0.6) is 0 Å². The molecule has 0 aromatic carbocycles. The summed E-state index contributed by atoms with van der Waals surface area (Å²) in [7, 11) is 0. The van der Waals surface area contributed by atoms with Gasteiger partial charge in [0.1, 0.15) is 5.78 Å². The quantitative estimate of drug-likeness (QED) is 0.800. The molecule has 1 aliphatic heterocycles. The Morgan fingerprint density at radius 1 is 1.21 bits per heavy atom. The summed E-state index contributed by atoms with van der Waals surface area (Å²) in [6.45, 7) is 5.46. The number of ketones is 1. The number of esters is 1. The lowest BCUT2D eigenvalue weighted by Crippen LogP contribution is -2.39. The van der Waals surface area contributed by atoms with Gasteiger partial charge in [-0.1, -0.05) is 0 Å². The van der Waals surface area contributed by atoms with Crippen LogP contribution in [0.2, 0.25) is 0 Å². The SMILES string of the molecule is CC1=C(C(=O)OC(C)C)C(c2ccncc2)C2C(=O)CCCC2=N1. The first kappa shape index (κ1) is 16.6. The zero-order valence-electron chi connectivity index (χ0n) is 14.3. The summed E-state index contributed by atoms with van der Waals surface area (Å²) in [4.78, 5) is 34.0. The fourth-order valence-corrected chi connectivity index (χ4v) is 3.59. The number of allylic oxidation sites excluding steroid dienone is 1. The third kappa shape index (κ3) is 3.03. The smallest absolute Gasteiger partial charge is 0.336 e. The van der Waals surface area contributed by atoms with Crippen molar-refractivity contribution in [3.8, 4) is 0 Å². The number of fused-ring (bicyclic) bond motifs is 1. The number of nitrogens with zero attached hydrogens (tertiary/aromatic N) is 2. The summed E-state index contributed by atoms with van der Waals surface area (Å²) in [5.41, 5.74) is 2.96. The van der Waals surface area contributed by atoms with Crippen molar-refractivity contribution < 1.29 is 14.3 Å². The molecule has 1 aliphatic carbocycles. The Hall–Kier alpha value is -2.30. The number of hydrogen-bond donors (Lipinski definition) is 0. The van der Waals surface area contributed by atoms with Crippen molar-refractivity contribution >= 4 is 17.5 Å². The first-order valence-corrected chi connectivity index (χ1v) is 8.41. The minimum Gasteiger partial charge on any atom is -0.460 e. The largest absolute Gasteiger partial charge is 0.460 e. The normalized spacial score (nSPS) is 23.8. The third-order valence-electron chi connectivity index (χ3n) is 4.54. The van der Waals surface area contributed by atoms with E-state index < -0.39 is 0 Å². The van der Waals surface area contributed by atoms with Gasteiger partial charge in [-0.15, -0.1) is 0 Å². The number of pyridine rings is 1. The number of carbonyl (C=O) groups is 2. The van der Waals surface area contributed by atoms with Gasteiger partial charge in [-0.3, -0.25) is 14.8 Å². The highest BCUT2D eigenvalue weighted by atomic mass is 16.5. The van der Waals surface area contributed by atoms with Crippen LogP contribution in [0.15, 0.2) is 40.8 Å². The van der Waals surface area contributed by atoms with Crippen LogP contribution in [-0.4, -0.2) is 28.6 Å². The molecule has 0 spiro atoms. The summed E-state index contributed by atoms with van der Waals surface area (Å²) in [5.74, 6) is -0.922. The molecule has 2 unspecified atom stereocenters. The van der Waals surface area contributed by atoms with Crippen LogP contribution in [0.3, 0.4) is 0 Å². The van der Waals surface area contributed by atoms with Crippen molar-refractivity contribution in [2.75, 3.05) is 0 Å². The second-order valence-corrected chi connectivity index (χ2v) is 6.61. The van der Waals surface area contributed by atoms with Crippen LogP contribution in [0.1, 0.15) is 51.5 Å².